The average molecular weight is 256 g/mol. The van der Waals surface area contributed by atoms with Crippen LogP contribution in [-0.2, 0) is 0 Å². The predicted octanol–water partition coefficient (Wildman–Crippen LogP) is 4.39. The Kier molecular flexibility index (Phi) is 4.20. The first-order chi connectivity index (χ1) is 9.09. The highest BCUT2D eigenvalue weighted by Crippen LogP contribution is 2.24. The summed E-state index contributed by atoms with van der Waals surface area (Å²) in [6, 6.07) is 8.17. The van der Waals surface area contributed by atoms with E-state index in [0.717, 1.165) is 10.8 Å². The van der Waals surface area contributed by atoms with Crippen molar-refractivity contribution in [2.45, 2.75) is 33.7 Å². The van der Waals surface area contributed by atoms with Gasteiger partial charge in [-0.3, -0.25) is 0 Å². The highest BCUT2D eigenvalue weighted by Gasteiger charge is 2.16. The van der Waals surface area contributed by atoms with Crippen LogP contribution in [0.2, 0.25) is 0 Å². The first-order valence-corrected chi connectivity index (χ1v) is 6.71. The molecule has 0 amide bonds. The van der Waals surface area contributed by atoms with Crippen molar-refractivity contribution in [3.63, 3.8) is 0 Å². The molecular weight excluding hydrogens is 236 g/mol. The number of benzene rings is 1. The van der Waals surface area contributed by atoms with Crippen LogP contribution in [0.25, 0.3) is 10.8 Å². The normalized spacial score (nSPS) is 12.4. The van der Waals surface area contributed by atoms with Gasteiger partial charge in [-0.15, -0.1) is 10.2 Å². The summed E-state index contributed by atoms with van der Waals surface area (Å²) in [6.07, 6.45) is 1.75. The van der Waals surface area contributed by atoms with E-state index in [9.17, 15) is 0 Å². The maximum absolute atomic E-state index is 4.47. The van der Waals surface area contributed by atoms with E-state index in [1.165, 1.54) is 0 Å². The average Bonchev–Trinajstić information content (AvgIpc) is 2.38. The van der Waals surface area contributed by atoms with Gasteiger partial charge in [-0.2, -0.15) is 10.2 Å². The molecule has 0 bridgehead atoms. The summed E-state index contributed by atoms with van der Waals surface area (Å²) in [5.41, 5.74) is 0. The summed E-state index contributed by atoms with van der Waals surface area (Å²) < 4.78 is 0. The van der Waals surface area contributed by atoms with Crippen molar-refractivity contribution in [3.8, 4) is 0 Å². The Bertz CT molecular complexity index is 562. The molecule has 0 radical (unpaired) electrons. The molecule has 2 aromatic rings. The molecule has 100 valence electrons. The van der Waals surface area contributed by atoms with Gasteiger partial charge in [0.05, 0.1) is 12.2 Å². The molecule has 19 heavy (non-hydrogen) atoms. The third-order valence-electron chi connectivity index (χ3n) is 3.20. The second kappa shape index (κ2) is 5.87. The summed E-state index contributed by atoms with van der Waals surface area (Å²) in [5, 5.41) is 18.9. The van der Waals surface area contributed by atoms with Crippen LogP contribution in [0, 0.1) is 11.8 Å². The number of hydrogen-bond acceptors (Lipinski definition) is 4. The van der Waals surface area contributed by atoms with Crippen LogP contribution in [0.3, 0.4) is 0 Å². The number of aromatic nitrogens is 2. The molecule has 0 saturated heterocycles. The number of azo groups is 1. The van der Waals surface area contributed by atoms with Gasteiger partial charge in [-0.1, -0.05) is 52.0 Å². The van der Waals surface area contributed by atoms with Crippen LogP contribution in [0.4, 0.5) is 5.82 Å². The Morgan fingerprint density at radius 2 is 1.68 bits per heavy atom. The van der Waals surface area contributed by atoms with E-state index >= 15 is 0 Å². The van der Waals surface area contributed by atoms with Crippen molar-refractivity contribution in [1.82, 2.24) is 10.2 Å². The van der Waals surface area contributed by atoms with E-state index in [-0.39, 0.29) is 6.04 Å². The van der Waals surface area contributed by atoms with Crippen molar-refractivity contribution < 1.29 is 0 Å². The lowest BCUT2D eigenvalue weighted by atomic mass is 9.94. The molecule has 0 saturated carbocycles. The highest BCUT2D eigenvalue weighted by molar-refractivity contribution is 5.89. The van der Waals surface area contributed by atoms with Crippen molar-refractivity contribution in [1.29, 1.82) is 0 Å². The lowest BCUT2D eigenvalue weighted by molar-refractivity contribution is 0.376. The molecule has 0 N–H and O–H groups in total. The highest BCUT2D eigenvalue weighted by atomic mass is 15.2. The number of nitrogens with zero attached hydrogens (tertiary/aromatic N) is 4. The van der Waals surface area contributed by atoms with E-state index in [2.05, 4.69) is 48.1 Å². The lowest BCUT2D eigenvalue weighted by Gasteiger charge is -2.18. The van der Waals surface area contributed by atoms with Crippen molar-refractivity contribution in [3.05, 3.63) is 30.5 Å². The SMILES string of the molecule is CC(C)C(N=Nc1nncc2ccccc12)C(C)C. The number of fused-ring (bicyclic) bond motifs is 1. The fourth-order valence-corrected chi connectivity index (χ4v) is 2.24. The number of rotatable bonds is 4. The van der Waals surface area contributed by atoms with Crippen LogP contribution in [0.5, 0.6) is 0 Å². The Morgan fingerprint density at radius 1 is 1.00 bits per heavy atom. The molecule has 4 nitrogen and oxygen atoms in total. The van der Waals surface area contributed by atoms with Gasteiger partial charge in [0.25, 0.3) is 0 Å². The molecule has 0 aliphatic heterocycles. The maximum Gasteiger partial charge on any atom is 0.203 e. The van der Waals surface area contributed by atoms with Crippen molar-refractivity contribution in [2.24, 2.45) is 22.1 Å². The molecule has 0 aliphatic rings. The lowest BCUT2D eigenvalue weighted by Crippen LogP contribution is -2.19. The topological polar surface area (TPSA) is 50.5 Å². The van der Waals surface area contributed by atoms with E-state index in [0.29, 0.717) is 17.7 Å². The minimum absolute atomic E-state index is 0.209. The summed E-state index contributed by atoms with van der Waals surface area (Å²) >= 11 is 0. The van der Waals surface area contributed by atoms with Gasteiger partial charge in [-0.05, 0) is 11.8 Å². The summed E-state index contributed by atoms with van der Waals surface area (Å²) in [7, 11) is 0. The fraction of sp³-hybridized carbons (Fsp3) is 0.467. The molecule has 0 unspecified atom stereocenters. The Balaban J connectivity index is 2.35. The van der Waals surface area contributed by atoms with Crippen molar-refractivity contribution in [2.75, 3.05) is 0 Å². The van der Waals surface area contributed by atoms with E-state index in [1.807, 2.05) is 24.3 Å². The van der Waals surface area contributed by atoms with Gasteiger partial charge < -0.3 is 0 Å². The smallest absolute Gasteiger partial charge is 0.183 e. The third kappa shape index (κ3) is 3.13. The van der Waals surface area contributed by atoms with Gasteiger partial charge in [0.2, 0.25) is 5.82 Å². The maximum atomic E-state index is 4.47. The van der Waals surface area contributed by atoms with E-state index < -0.39 is 0 Å². The van der Waals surface area contributed by atoms with Gasteiger partial charge in [0, 0.05) is 10.8 Å². The largest absolute Gasteiger partial charge is 0.203 e. The second-order valence-electron chi connectivity index (χ2n) is 5.45. The minimum Gasteiger partial charge on any atom is -0.183 e. The Labute approximate surface area is 114 Å². The quantitative estimate of drug-likeness (QED) is 0.761. The van der Waals surface area contributed by atoms with Gasteiger partial charge in [0.15, 0.2) is 0 Å². The zero-order chi connectivity index (χ0) is 13.8. The van der Waals surface area contributed by atoms with Gasteiger partial charge in [0.1, 0.15) is 0 Å². The Morgan fingerprint density at radius 3 is 2.37 bits per heavy atom. The van der Waals surface area contributed by atoms with Crippen LogP contribution < -0.4 is 0 Å². The molecule has 4 heteroatoms. The zero-order valence-corrected chi connectivity index (χ0v) is 11.9. The molecule has 1 aromatic carbocycles. The fourth-order valence-electron chi connectivity index (χ4n) is 2.24. The van der Waals surface area contributed by atoms with Gasteiger partial charge >= 0.3 is 0 Å². The Hall–Kier alpha value is -1.84. The van der Waals surface area contributed by atoms with E-state index in [1.54, 1.807) is 6.20 Å². The van der Waals surface area contributed by atoms with Crippen LogP contribution in [0.1, 0.15) is 27.7 Å². The van der Waals surface area contributed by atoms with Crippen molar-refractivity contribution >= 4 is 16.6 Å². The van der Waals surface area contributed by atoms with E-state index in [4.69, 9.17) is 0 Å². The molecule has 0 atom stereocenters. The molecule has 0 fully saturated rings. The summed E-state index contributed by atoms with van der Waals surface area (Å²) in [5.74, 6) is 1.53. The molecule has 1 aromatic heterocycles. The molecule has 0 spiro atoms. The molecule has 1 heterocycles. The second-order valence-corrected chi connectivity index (χ2v) is 5.45. The summed E-state index contributed by atoms with van der Waals surface area (Å²) in [4.78, 5) is 0. The molecular formula is C15H20N4. The first-order valence-electron chi connectivity index (χ1n) is 6.71. The zero-order valence-electron chi connectivity index (χ0n) is 11.9. The molecule has 0 aliphatic carbocycles. The van der Waals surface area contributed by atoms with Crippen LogP contribution >= 0.6 is 0 Å². The summed E-state index contributed by atoms with van der Waals surface area (Å²) in [6.45, 7) is 8.66. The standard InChI is InChI=1S/C15H20N4/c1-10(2)14(11(3)4)17-19-15-13-8-6-5-7-12(13)9-16-18-15/h5-11,14H,1-4H3. The van der Waals surface area contributed by atoms with Gasteiger partial charge in [-0.25, -0.2) is 0 Å². The number of hydrogen-bond donors (Lipinski definition) is 0. The predicted molar refractivity (Wildman–Crippen MR) is 77.5 cm³/mol. The van der Waals surface area contributed by atoms with Crippen LogP contribution in [-0.4, -0.2) is 16.2 Å². The monoisotopic (exact) mass is 256 g/mol. The minimum atomic E-state index is 0.209. The first kappa shape index (κ1) is 13.6. The van der Waals surface area contributed by atoms with Crippen LogP contribution in [0.15, 0.2) is 40.7 Å². The third-order valence-corrected chi connectivity index (χ3v) is 3.20. The molecule has 2 rings (SSSR count).